The zero-order chi connectivity index (χ0) is 14.4. The minimum Gasteiger partial charge on any atom is -0.330 e. The van der Waals surface area contributed by atoms with Gasteiger partial charge in [-0.05, 0) is 43.9 Å². The summed E-state index contributed by atoms with van der Waals surface area (Å²) in [6.07, 6.45) is 9.87. The van der Waals surface area contributed by atoms with Crippen LogP contribution in [0.5, 0.6) is 0 Å². The van der Waals surface area contributed by atoms with E-state index in [4.69, 9.17) is 5.73 Å². The molecule has 1 heterocycles. The van der Waals surface area contributed by atoms with E-state index in [1.807, 2.05) is 24.0 Å². The molecule has 1 amide bonds. The van der Waals surface area contributed by atoms with Gasteiger partial charge in [-0.25, -0.2) is 0 Å². The molecule has 0 aromatic carbocycles. The highest BCUT2D eigenvalue weighted by molar-refractivity contribution is 5.93. The maximum absolute atomic E-state index is 12.7. The summed E-state index contributed by atoms with van der Waals surface area (Å²) in [6.45, 7) is 3.31. The molecule has 0 radical (unpaired) electrons. The van der Waals surface area contributed by atoms with E-state index in [-0.39, 0.29) is 11.3 Å². The van der Waals surface area contributed by atoms with Crippen LogP contribution in [0.15, 0.2) is 24.5 Å². The van der Waals surface area contributed by atoms with Crippen molar-refractivity contribution >= 4 is 11.6 Å². The van der Waals surface area contributed by atoms with Crippen LogP contribution < -0.4 is 10.6 Å². The number of nitrogens with two attached hydrogens (primary N) is 1. The van der Waals surface area contributed by atoms with Crippen molar-refractivity contribution in [2.75, 3.05) is 18.0 Å². The second-order valence-electron chi connectivity index (χ2n) is 5.78. The Hall–Kier alpha value is -1.42. The number of pyridine rings is 1. The summed E-state index contributed by atoms with van der Waals surface area (Å²) in [5.74, 6) is 0.186. The SMILES string of the molecule is CCN(C(=O)CC1(CN)CCCCC1)c1ccncc1. The second kappa shape index (κ2) is 6.84. The summed E-state index contributed by atoms with van der Waals surface area (Å²) in [7, 11) is 0. The fraction of sp³-hybridized carbons (Fsp3) is 0.625. The van der Waals surface area contributed by atoms with Crippen LogP contribution in [-0.4, -0.2) is 24.0 Å². The fourth-order valence-electron chi connectivity index (χ4n) is 3.20. The number of nitrogens with zero attached hydrogens (tertiary/aromatic N) is 2. The van der Waals surface area contributed by atoms with Crippen LogP contribution in [-0.2, 0) is 4.79 Å². The number of rotatable bonds is 5. The monoisotopic (exact) mass is 275 g/mol. The number of hydrogen-bond acceptors (Lipinski definition) is 3. The molecule has 1 aliphatic carbocycles. The van der Waals surface area contributed by atoms with Crippen molar-refractivity contribution in [3.63, 3.8) is 0 Å². The van der Waals surface area contributed by atoms with Crippen molar-refractivity contribution in [3.8, 4) is 0 Å². The lowest BCUT2D eigenvalue weighted by Gasteiger charge is -2.37. The molecule has 0 unspecified atom stereocenters. The third kappa shape index (κ3) is 3.37. The number of anilines is 1. The topological polar surface area (TPSA) is 59.2 Å². The Kier molecular flexibility index (Phi) is 5.12. The molecule has 1 aromatic heterocycles. The van der Waals surface area contributed by atoms with Crippen molar-refractivity contribution in [2.24, 2.45) is 11.1 Å². The summed E-state index contributed by atoms with van der Waals surface area (Å²) in [4.78, 5) is 18.5. The molecule has 4 nitrogen and oxygen atoms in total. The van der Waals surface area contributed by atoms with E-state index < -0.39 is 0 Å². The molecule has 1 fully saturated rings. The first kappa shape index (κ1) is 15.0. The van der Waals surface area contributed by atoms with Gasteiger partial charge in [0.15, 0.2) is 0 Å². The minimum absolute atomic E-state index is 0.0236. The normalized spacial score (nSPS) is 17.7. The highest BCUT2D eigenvalue weighted by Gasteiger charge is 2.34. The van der Waals surface area contributed by atoms with E-state index >= 15 is 0 Å². The molecule has 2 rings (SSSR count). The molecule has 1 saturated carbocycles. The van der Waals surface area contributed by atoms with Crippen molar-refractivity contribution < 1.29 is 4.79 Å². The molecule has 0 aliphatic heterocycles. The van der Waals surface area contributed by atoms with Gasteiger partial charge in [0, 0.05) is 31.0 Å². The van der Waals surface area contributed by atoms with Gasteiger partial charge in [0.2, 0.25) is 5.91 Å². The Morgan fingerprint density at radius 1 is 1.30 bits per heavy atom. The predicted molar refractivity (Wildman–Crippen MR) is 81.5 cm³/mol. The molecule has 20 heavy (non-hydrogen) atoms. The molecule has 0 saturated heterocycles. The molecule has 2 N–H and O–H groups in total. The largest absolute Gasteiger partial charge is 0.330 e. The zero-order valence-electron chi connectivity index (χ0n) is 12.3. The molecule has 110 valence electrons. The lowest BCUT2D eigenvalue weighted by Crippen LogP contribution is -2.40. The average Bonchev–Trinajstić information content (AvgIpc) is 2.50. The summed E-state index contributed by atoms with van der Waals surface area (Å²) >= 11 is 0. The fourth-order valence-corrected chi connectivity index (χ4v) is 3.20. The standard InChI is InChI=1S/C16H25N3O/c1-2-19(14-6-10-18-11-7-14)15(20)12-16(13-17)8-4-3-5-9-16/h6-7,10-11H,2-5,8-9,12-13,17H2,1H3. The van der Waals surface area contributed by atoms with E-state index in [1.165, 1.54) is 19.3 Å². The lowest BCUT2D eigenvalue weighted by atomic mass is 9.71. The van der Waals surface area contributed by atoms with E-state index in [9.17, 15) is 4.79 Å². The maximum Gasteiger partial charge on any atom is 0.227 e. The van der Waals surface area contributed by atoms with Crippen molar-refractivity contribution in [1.82, 2.24) is 4.98 Å². The Bertz CT molecular complexity index is 427. The van der Waals surface area contributed by atoms with E-state index in [2.05, 4.69) is 4.98 Å². The van der Waals surface area contributed by atoms with Gasteiger partial charge >= 0.3 is 0 Å². The number of aromatic nitrogens is 1. The third-order valence-corrected chi connectivity index (χ3v) is 4.47. The van der Waals surface area contributed by atoms with Gasteiger partial charge in [0.25, 0.3) is 0 Å². The van der Waals surface area contributed by atoms with Crippen LogP contribution in [0.3, 0.4) is 0 Å². The quantitative estimate of drug-likeness (QED) is 0.899. The van der Waals surface area contributed by atoms with Gasteiger partial charge in [-0.15, -0.1) is 0 Å². The van der Waals surface area contributed by atoms with Gasteiger partial charge in [-0.3, -0.25) is 9.78 Å². The van der Waals surface area contributed by atoms with Gasteiger partial charge < -0.3 is 10.6 Å². The molecule has 1 aromatic rings. The van der Waals surface area contributed by atoms with E-state index in [0.717, 1.165) is 18.5 Å². The summed E-state index contributed by atoms with van der Waals surface area (Å²) in [5, 5.41) is 0. The zero-order valence-corrected chi connectivity index (χ0v) is 12.3. The predicted octanol–water partition coefficient (Wildman–Crippen LogP) is 2.73. The highest BCUT2D eigenvalue weighted by Crippen LogP contribution is 2.39. The van der Waals surface area contributed by atoms with Gasteiger partial charge in [-0.2, -0.15) is 0 Å². The molecular weight excluding hydrogens is 250 g/mol. The van der Waals surface area contributed by atoms with Crippen LogP contribution in [0.1, 0.15) is 45.4 Å². The van der Waals surface area contributed by atoms with Crippen LogP contribution >= 0.6 is 0 Å². The maximum atomic E-state index is 12.7. The van der Waals surface area contributed by atoms with Crippen molar-refractivity contribution in [1.29, 1.82) is 0 Å². The Labute approximate surface area is 121 Å². The van der Waals surface area contributed by atoms with Gasteiger partial charge in [-0.1, -0.05) is 19.3 Å². The van der Waals surface area contributed by atoms with Gasteiger partial charge in [0.05, 0.1) is 0 Å². The number of amides is 1. The summed E-state index contributed by atoms with van der Waals surface area (Å²) in [6, 6.07) is 3.77. The van der Waals surface area contributed by atoms with Crippen molar-refractivity contribution in [2.45, 2.75) is 45.4 Å². The van der Waals surface area contributed by atoms with E-state index in [1.54, 1.807) is 12.4 Å². The van der Waals surface area contributed by atoms with Gasteiger partial charge in [0.1, 0.15) is 0 Å². The first-order chi connectivity index (χ1) is 9.71. The van der Waals surface area contributed by atoms with Crippen LogP contribution in [0.25, 0.3) is 0 Å². The number of carbonyl (C=O) groups excluding carboxylic acids is 1. The molecular formula is C16H25N3O. The van der Waals surface area contributed by atoms with Crippen LogP contribution in [0.4, 0.5) is 5.69 Å². The summed E-state index contributed by atoms with van der Waals surface area (Å²) < 4.78 is 0. The second-order valence-corrected chi connectivity index (χ2v) is 5.78. The first-order valence-corrected chi connectivity index (χ1v) is 7.61. The Morgan fingerprint density at radius 2 is 1.95 bits per heavy atom. The molecule has 4 heteroatoms. The van der Waals surface area contributed by atoms with Crippen LogP contribution in [0.2, 0.25) is 0 Å². The Morgan fingerprint density at radius 3 is 2.50 bits per heavy atom. The number of hydrogen-bond donors (Lipinski definition) is 1. The first-order valence-electron chi connectivity index (χ1n) is 7.61. The van der Waals surface area contributed by atoms with E-state index in [0.29, 0.717) is 19.5 Å². The highest BCUT2D eigenvalue weighted by atomic mass is 16.2. The third-order valence-electron chi connectivity index (χ3n) is 4.47. The number of carbonyl (C=O) groups is 1. The van der Waals surface area contributed by atoms with Crippen molar-refractivity contribution in [3.05, 3.63) is 24.5 Å². The smallest absolute Gasteiger partial charge is 0.227 e. The molecule has 1 aliphatic rings. The average molecular weight is 275 g/mol. The molecule has 0 bridgehead atoms. The van der Waals surface area contributed by atoms with Crippen LogP contribution in [0, 0.1) is 5.41 Å². The lowest BCUT2D eigenvalue weighted by molar-refractivity contribution is -0.121. The Balaban J connectivity index is 2.09. The minimum atomic E-state index is 0.0236. The molecule has 0 atom stereocenters. The molecule has 0 spiro atoms. The summed E-state index contributed by atoms with van der Waals surface area (Å²) in [5.41, 5.74) is 6.94.